The highest BCUT2D eigenvalue weighted by Crippen LogP contribution is 2.28. The van der Waals surface area contributed by atoms with Crippen LogP contribution in [0.1, 0.15) is 5.56 Å². The zero-order chi connectivity index (χ0) is 13.7. The highest BCUT2D eigenvalue weighted by atomic mass is 32.2. The van der Waals surface area contributed by atoms with Crippen LogP contribution in [0.25, 0.3) is 0 Å². The number of amides is 1. The van der Waals surface area contributed by atoms with Crippen molar-refractivity contribution in [3.05, 3.63) is 35.4 Å². The Morgan fingerprint density at radius 1 is 1.50 bits per heavy atom. The first kappa shape index (κ1) is 14.4. The lowest BCUT2D eigenvalue weighted by Gasteiger charge is -2.12. The fraction of sp³-hybridized carbons (Fsp3) is 0.308. The van der Waals surface area contributed by atoms with E-state index >= 15 is 0 Å². The van der Waals surface area contributed by atoms with Crippen molar-refractivity contribution in [2.45, 2.75) is 11.8 Å². The second-order valence-electron chi connectivity index (χ2n) is 4.07. The van der Waals surface area contributed by atoms with Gasteiger partial charge in [-0.3, -0.25) is 4.79 Å². The molecular weight excluding hydrogens is 248 g/mol. The van der Waals surface area contributed by atoms with Gasteiger partial charge in [0.2, 0.25) is 0 Å². The van der Waals surface area contributed by atoms with Crippen LogP contribution < -0.4 is 10.5 Å². The number of thioether (sulfide) groups is 1. The van der Waals surface area contributed by atoms with Crippen molar-refractivity contribution in [3.8, 4) is 5.75 Å². The van der Waals surface area contributed by atoms with Crippen LogP contribution in [0, 0.1) is 6.92 Å². The van der Waals surface area contributed by atoms with Crippen LogP contribution in [0.2, 0.25) is 0 Å². The SMILES string of the molecule is C=C(N)Sc1ccc(OCC(=O)N(C)C)cc1C. The minimum Gasteiger partial charge on any atom is -0.484 e. The minimum absolute atomic E-state index is 0.0442. The predicted molar refractivity (Wildman–Crippen MR) is 74.6 cm³/mol. The van der Waals surface area contributed by atoms with Gasteiger partial charge in [-0.25, -0.2) is 0 Å². The van der Waals surface area contributed by atoms with E-state index in [4.69, 9.17) is 10.5 Å². The second-order valence-corrected chi connectivity index (χ2v) is 5.24. The van der Waals surface area contributed by atoms with Gasteiger partial charge < -0.3 is 15.4 Å². The fourth-order valence-corrected chi connectivity index (χ4v) is 1.88. The van der Waals surface area contributed by atoms with E-state index in [0.717, 1.165) is 10.5 Å². The highest BCUT2D eigenvalue weighted by Gasteiger charge is 2.06. The monoisotopic (exact) mass is 266 g/mol. The molecule has 98 valence electrons. The molecule has 2 N–H and O–H groups in total. The molecule has 0 unspecified atom stereocenters. The number of likely N-dealkylation sites (N-methyl/N-ethyl adjacent to an activating group) is 1. The standard InChI is InChI=1S/C13H18N2O2S/c1-9-7-11(17-8-13(16)15(3)4)5-6-12(9)18-10(2)14/h5-7H,2,8,14H2,1,3-4H3. The molecular formula is C13H18N2O2S. The van der Waals surface area contributed by atoms with Gasteiger partial charge in [0.15, 0.2) is 6.61 Å². The van der Waals surface area contributed by atoms with Gasteiger partial charge in [-0.1, -0.05) is 18.3 Å². The van der Waals surface area contributed by atoms with Gasteiger partial charge in [-0.05, 0) is 30.7 Å². The topological polar surface area (TPSA) is 55.6 Å². The summed E-state index contributed by atoms with van der Waals surface area (Å²) in [5.74, 6) is 0.608. The van der Waals surface area contributed by atoms with E-state index in [-0.39, 0.29) is 12.5 Å². The number of rotatable bonds is 5. The first-order valence-electron chi connectivity index (χ1n) is 5.46. The van der Waals surface area contributed by atoms with Crippen LogP contribution in [0.15, 0.2) is 34.7 Å². The average Bonchev–Trinajstić information content (AvgIpc) is 2.28. The summed E-state index contributed by atoms with van der Waals surface area (Å²) in [6.07, 6.45) is 0. The lowest BCUT2D eigenvalue weighted by Crippen LogP contribution is -2.27. The van der Waals surface area contributed by atoms with Gasteiger partial charge in [-0.15, -0.1) is 0 Å². The maximum atomic E-state index is 11.4. The van der Waals surface area contributed by atoms with Crippen LogP contribution >= 0.6 is 11.8 Å². The number of carbonyl (C=O) groups excluding carboxylic acids is 1. The Kier molecular flexibility index (Phi) is 5.09. The van der Waals surface area contributed by atoms with Gasteiger partial charge in [0.05, 0.1) is 5.03 Å². The smallest absolute Gasteiger partial charge is 0.259 e. The molecule has 0 heterocycles. The molecule has 0 aliphatic carbocycles. The normalized spacial score (nSPS) is 9.94. The molecule has 1 aromatic rings. The maximum absolute atomic E-state index is 11.4. The lowest BCUT2D eigenvalue weighted by atomic mass is 10.2. The second kappa shape index (κ2) is 6.35. The summed E-state index contributed by atoms with van der Waals surface area (Å²) in [6, 6.07) is 5.61. The first-order chi connectivity index (χ1) is 8.40. The summed E-state index contributed by atoms with van der Waals surface area (Å²) >= 11 is 1.42. The zero-order valence-corrected chi connectivity index (χ0v) is 11.7. The summed E-state index contributed by atoms with van der Waals surface area (Å²) in [6.45, 7) is 5.66. The third kappa shape index (κ3) is 4.33. The van der Waals surface area contributed by atoms with E-state index in [1.807, 2.05) is 25.1 Å². The zero-order valence-electron chi connectivity index (χ0n) is 10.9. The van der Waals surface area contributed by atoms with Crippen molar-refractivity contribution in [2.24, 2.45) is 5.73 Å². The largest absolute Gasteiger partial charge is 0.484 e. The average molecular weight is 266 g/mol. The van der Waals surface area contributed by atoms with Crippen LogP contribution in [-0.2, 0) is 4.79 Å². The highest BCUT2D eigenvalue weighted by molar-refractivity contribution is 8.03. The Balaban J connectivity index is 2.67. The number of aryl methyl sites for hydroxylation is 1. The van der Waals surface area contributed by atoms with Crippen molar-refractivity contribution in [1.29, 1.82) is 0 Å². The lowest BCUT2D eigenvalue weighted by molar-refractivity contribution is -0.130. The van der Waals surface area contributed by atoms with E-state index in [1.54, 1.807) is 14.1 Å². The number of benzene rings is 1. The molecule has 4 nitrogen and oxygen atoms in total. The van der Waals surface area contributed by atoms with E-state index in [0.29, 0.717) is 10.8 Å². The van der Waals surface area contributed by atoms with Crippen molar-refractivity contribution in [3.63, 3.8) is 0 Å². The molecule has 1 aromatic carbocycles. The number of hydrogen-bond donors (Lipinski definition) is 1. The molecule has 0 fully saturated rings. The molecule has 1 rings (SSSR count). The van der Waals surface area contributed by atoms with Crippen molar-refractivity contribution in [2.75, 3.05) is 20.7 Å². The molecule has 5 heteroatoms. The Hall–Kier alpha value is -1.62. The van der Waals surface area contributed by atoms with Crippen molar-refractivity contribution >= 4 is 17.7 Å². The van der Waals surface area contributed by atoms with Gasteiger partial charge in [0, 0.05) is 19.0 Å². The Morgan fingerprint density at radius 2 is 2.17 bits per heavy atom. The summed E-state index contributed by atoms with van der Waals surface area (Å²) in [5, 5.41) is 0.551. The Bertz CT molecular complexity index is 458. The molecule has 0 spiro atoms. The fourth-order valence-electron chi connectivity index (χ4n) is 1.24. The molecule has 0 aliphatic rings. The van der Waals surface area contributed by atoms with E-state index in [9.17, 15) is 4.79 Å². The molecule has 1 amide bonds. The van der Waals surface area contributed by atoms with E-state index in [1.165, 1.54) is 16.7 Å². The Labute approximate surface area is 112 Å². The van der Waals surface area contributed by atoms with Crippen molar-refractivity contribution < 1.29 is 9.53 Å². The summed E-state index contributed by atoms with van der Waals surface area (Å²) in [4.78, 5) is 13.9. The molecule has 0 bridgehead atoms. The molecule has 0 aliphatic heterocycles. The van der Waals surface area contributed by atoms with Crippen LogP contribution in [0.3, 0.4) is 0 Å². The quantitative estimate of drug-likeness (QED) is 0.828. The Morgan fingerprint density at radius 3 is 2.67 bits per heavy atom. The van der Waals surface area contributed by atoms with Gasteiger partial charge in [0.25, 0.3) is 5.91 Å². The summed E-state index contributed by atoms with van der Waals surface area (Å²) in [5.41, 5.74) is 6.59. The van der Waals surface area contributed by atoms with Gasteiger partial charge >= 0.3 is 0 Å². The van der Waals surface area contributed by atoms with Crippen LogP contribution in [0.4, 0.5) is 0 Å². The molecule has 0 aromatic heterocycles. The summed E-state index contributed by atoms with van der Waals surface area (Å²) < 4.78 is 5.42. The molecule has 0 saturated heterocycles. The van der Waals surface area contributed by atoms with E-state index < -0.39 is 0 Å². The van der Waals surface area contributed by atoms with Gasteiger partial charge in [-0.2, -0.15) is 0 Å². The number of nitrogens with two attached hydrogens (primary N) is 1. The van der Waals surface area contributed by atoms with E-state index in [2.05, 4.69) is 6.58 Å². The van der Waals surface area contributed by atoms with Crippen molar-refractivity contribution in [1.82, 2.24) is 4.90 Å². The van der Waals surface area contributed by atoms with Crippen LogP contribution in [0.5, 0.6) is 5.75 Å². The molecule has 0 atom stereocenters. The maximum Gasteiger partial charge on any atom is 0.259 e. The minimum atomic E-state index is -0.0681. The molecule has 18 heavy (non-hydrogen) atoms. The number of hydrogen-bond acceptors (Lipinski definition) is 4. The third-order valence-electron chi connectivity index (χ3n) is 2.25. The molecule has 0 saturated carbocycles. The predicted octanol–water partition coefficient (Wildman–Crippen LogP) is 1.98. The van der Waals surface area contributed by atoms with Gasteiger partial charge in [0.1, 0.15) is 5.75 Å². The summed E-state index contributed by atoms with van der Waals surface area (Å²) in [7, 11) is 3.40. The molecule has 0 radical (unpaired) electrons. The number of nitrogens with zero attached hydrogens (tertiary/aromatic N) is 1. The van der Waals surface area contributed by atoms with Crippen LogP contribution in [-0.4, -0.2) is 31.5 Å². The first-order valence-corrected chi connectivity index (χ1v) is 6.27. The number of ether oxygens (including phenoxy) is 1. The third-order valence-corrected chi connectivity index (χ3v) is 3.19. The number of carbonyl (C=O) groups is 1.